The Morgan fingerprint density at radius 2 is 2.06 bits per heavy atom. The van der Waals surface area contributed by atoms with E-state index < -0.39 is 0 Å². The van der Waals surface area contributed by atoms with Gasteiger partial charge in [0, 0.05) is 24.7 Å². The highest BCUT2D eigenvalue weighted by Gasteiger charge is 2.17. The van der Waals surface area contributed by atoms with E-state index in [1.54, 1.807) is 0 Å². The highest BCUT2D eigenvalue weighted by molar-refractivity contribution is 5.01. The van der Waals surface area contributed by atoms with Gasteiger partial charge in [-0.1, -0.05) is 12.8 Å². The first-order valence-electron chi connectivity index (χ1n) is 6.84. The molecule has 1 heterocycles. The second-order valence-electron chi connectivity index (χ2n) is 6.15. The van der Waals surface area contributed by atoms with Crippen LogP contribution in [-0.4, -0.2) is 21.9 Å². The standard InChI is InChI=1S/C14H25N3/c1-14(2,3)15-10-8-12-9-11-17(16-12)13-6-4-5-7-13/h9,11,13,15H,4-8,10H2,1-3H3. The molecule has 1 fully saturated rings. The van der Waals surface area contributed by atoms with E-state index in [1.165, 1.54) is 31.4 Å². The third kappa shape index (κ3) is 3.84. The molecule has 0 saturated heterocycles. The third-order valence-corrected chi connectivity index (χ3v) is 3.40. The molecule has 1 aromatic heterocycles. The lowest BCUT2D eigenvalue weighted by atomic mass is 10.1. The van der Waals surface area contributed by atoms with E-state index in [-0.39, 0.29) is 5.54 Å². The largest absolute Gasteiger partial charge is 0.312 e. The Balaban J connectivity index is 1.81. The predicted molar refractivity (Wildman–Crippen MR) is 71.2 cm³/mol. The van der Waals surface area contributed by atoms with E-state index in [9.17, 15) is 0 Å². The van der Waals surface area contributed by atoms with Crippen LogP contribution in [0.2, 0.25) is 0 Å². The second kappa shape index (κ2) is 5.21. The quantitative estimate of drug-likeness (QED) is 0.869. The molecule has 1 saturated carbocycles. The van der Waals surface area contributed by atoms with Crippen LogP contribution in [0.4, 0.5) is 0 Å². The number of nitrogens with zero attached hydrogens (tertiary/aromatic N) is 2. The van der Waals surface area contributed by atoms with E-state index in [0.717, 1.165) is 13.0 Å². The van der Waals surface area contributed by atoms with Crippen molar-refractivity contribution in [2.45, 2.75) is 64.5 Å². The summed E-state index contributed by atoms with van der Waals surface area (Å²) in [5, 5.41) is 8.19. The van der Waals surface area contributed by atoms with Crippen molar-refractivity contribution in [1.82, 2.24) is 15.1 Å². The van der Waals surface area contributed by atoms with Crippen molar-refractivity contribution in [1.29, 1.82) is 0 Å². The van der Waals surface area contributed by atoms with E-state index in [0.29, 0.717) is 6.04 Å². The van der Waals surface area contributed by atoms with E-state index in [4.69, 9.17) is 0 Å². The number of nitrogens with one attached hydrogen (secondary N) is 1. The van der Waals surface area contributed by atoms with Crippen molar-refractivity contribution in [2.75, 3.05) is 6.54 Å². The molecule has 2 rings (SSSR count). The number of aromatic nitrogens is 2. The Labute approximate surface area is 105 Å². The van der Waals surface area contributed by atoms with Crippen LogP contribution in [0, 0.1) is 0 Å². The van der Waals surface area contributed by atoms with Gasteiger partial charge in [0.15, 0.2) is 0 Å². The van der Waals surface area contributed by atoms with Gasteiger partial charge in [-0.05, 0) is 39.7 Å². The van der Waals surface area contributed by atoms with E-state index in [1.807, 2.05) is 0 Å². The molecule has 0 unspecified atom stereocenters. The SMILES string of the molecule is CC(C)(C)NCCc1ccn(C2CCCC2)n1. The topological polar surface area (TPSA) is 29.9 Å². The molecule has 3 nitrogen and oxygen atoms in total. The molecule has 0 amide bonds. The van der Waals surface area contributed by atoms with Crippen LogP contribution in [0.15, 0.2) is 12.3 Å². The zero-order valence-corrected chi connectivity index (χ0v) is 11.4. The van der Waals surface area contributed by atoms with Crippen molar-refractivity contribution in [2.24, 2.45) is 0 Å². The van der Waals surface area contributed by atoms with Gasteiger partial charge in [0.1, 0.15) is 0 Å². The molecular weight excluding hydrogens is 210 g/mol. The molecule has 0 spiro atoms. The Bertz CT molecular complexity index is 343. The monoisotopic (exact) mass is 235 g/mol. The van der Waals surface area contributed by atoms with Gasteiger partial charge in [0.2, 0.25) is 0 Å². The smallest absolute Gasteiger partial charge is 0.0637 e. The molecule has 0 radical (unpaired) electrons. The third-order valence-electron chi connectivity index (χ3n) is 3.40. The van der Waals surface area contributed by atoms with Crippen LogP contribution in [0.1, 0.15) is 58.2 Å². The Morgan fingerprint density at radius 3 is 2.71 bits per heavy atom. The van der Waals surface area contributed by atoms with E-state index in [2.05, 4.69) is 48.1 Å². The molecule has 1 N–H and O–H groups in total. The van der Waals surface area contributed by atoms with Crippen LogP contribution < -0.4 is 5.32 Å². The normalized spacial score (nSPS) is 17.8. The van der Waals surface area contributed by atoms with Crippen LogP contribution in [0.25, 0.3) is 0 Å². The summed E-state index contributed by atoms with van der Waals surface area (Å²) in [6.45, 7) is 7.60. The van der Waals surface area contributed by atoms with E-state index >= 15 is 0 Å². The van der Waals surface area contributed by atoms with Crippen molar-refractivity contribution in [3.63, 3.8) is 0 Å². The Morgan fingerprint density at radius 1 is 1.35 bits per heavy atom. The molecule has 1 aromatic rings. The minimum Gasteiger partial charge on any atom is -0.312 e. The van der Waals surface area contributed by atoms with Gasteiger partial charge < -0.3 is 5.32 Å². The lowest BCUT2D eigenvalue weighted by molar-refractivity contribution is 0.425. The predicted octanol–water partition coefficient (Wildman–Crippen LogP) is 2.93. The highest BCUT2D eigenvalue weighted by Crippen LogP contribution is 2.28. The van der Waals surface area contributed by atoms with Crippen LogP contribution in [0.5, 0.6) is 0 Å². The average molecular weight is 235 g/mol. The van der Waals surface area contributed by atoms with Crippen molar-refractivity contribution in [3.8, 4) is 0 Å². The maximum Gasteiger partial charge on any atom is 0.0637 e. The van der Waals surface area contributed by atoms with Crippen molar-refractivity contribution in [3.05, 3.63) is 18.0 Å². The van der Waals surface area contributed by atoms with Gasteiger partial charge >= 0.3 is 0 Å². The fourth-order valence-corrected chi connectivity index (χ4v) is 2.45. The lowest BCUT2D eigenvalue weighted by Gasteiger charge is -2.19. The maximum atomic E-state index is 4.69. The van der Waals surface area contributed by atoms with Crippen LogP contribution in [0.3, 0.4) is 0 Å². The molecular formula is C14H25N3. The fraction of sp³-hybridized carbons (Fsp3) is 0.786. The van der Waals surface area contributed by atoms with Gasteiger partial charge in [0.25, 0.3) is 0 Å². The molecule has 0 bridgehead atoms. The Kier molecular flexibility index (Phi) is 3.87. The first-order valence-corrected chi connectivity index (χ1v) is 6.84. The number of hydrogen-bond donors (Lipinski definition) is 1. The molecule has 0 atom stereocenters. The summed E-state index contributed by atoms with van der Waals surface area (Å²) in [5.74, 6) is 0. The fourth-order valence-electron chi connectivity index (χ4n) is 2.45. The molecule has 3 heteroatoms. The van der Waals surface area contributed by atoms with Gasteiger partial charge in [0.05, 0.1) is 11.7 Å². The summed E-state index contributed by atoms with van der Waals surface area (Å²) in [5.41, 5.74) is 1.42. The van der Waals surface area contributed by atoms with Crippen molar-refractivity contribution < 1.29 is 0 Å². The summed E-state index contributed by atoms with van der Waals surface area (Å²) in [7, 11) is 0. The minimum absolute atomic E-state index is 0.202. The van der Waals surface area contributed by atoms with Crippen molar-refractivity contribution >= 4 is 0 Å². The zero-order chi connectivity index (χ0) is 12.3. The van der Waals surface area contributed by atoms with Gasteiger partial charge in [-0.15, -0.1) is 0 Å². The number of rotatable bonds is 4. The molecule has 1 aliphatic carbocycles. The van der Waals surface area contributed by atoms with Gasteiger partial charge in [-0.3, -0.25) is 4.68 Å². The minimum atomic E-state index is 0.202. The van der Waals surface area contributed by atoms with Crippen LogP contribution >= 0.6 is 0 Å². The summed E-state index contributed by atoms with van der Waals surface area (Å²) < 4.78 is 2.18. The number of hydrogen-bond acceptors (Lipinski definition) is 2. The lowest BCUT2D eigenvalue weighted by Crippen LogP contribution is -2.37. The molecule has 1 aliphatic rings. The van der Waals surface area contributed by atoms with Crippen LogP contribution in [-0.2, 0) is 6.42 Å². The average Bonchev–Trinajstić information content (AvgIpc) is 2.83. The molecule has 17 heavy (non-hydrogen) atoms. The van der Waals surface area contributed by atoms with Gasteiger partial charge in [-0.25, -0.2) is 0 Å². The summed E-state index contributed by atoms with van der Waals surface area (Å²) in [6.07, 6.45) is 8.53. The highest BCUT2D eigenvalue weighted by atomic mass is 15.3. The molecule has 0 aliphatic heterocycles. The first kappa shape index (κ1) is 12.6. The summed E-state index contributed by atoms with van der Waals surface area (Å²) >= 11 is 0. The van der Waals surface area contributed by atoms with Gasteiger partial charge in [-0.2, -0.15) is 5.10 Å². The second-order valence-corrected chi connectivity index (χ2v) is 6.15. The molecule has 96 valence electrons. The molecule has 0 aromatic carbocycles. The summed E-state index contributed by atoms with van der Waals surface area (Å²) in [4.78, 5) is 0. The Hall–Kier alpha value is -0.830. The zero-order valence-electron chi connectivity index (χ0n) is 11.4. The maximum absolute atomic E-state index is 4.69. The summed E-state index contributed by atoms with van der Waals surface area (Å²) in [6, 6.07) is 2.84. The first-order chi connectivity index (χ1) is 8.04.